The second-order valence-corrected chi connectivity index (χ2v) is 6.55. The normalized spacial score (nSPS) is 24.5. The molecule has 2 N–H and O–H groups in total. The van der Waals surface area contributed by atoms with E-state index in [1.807, 2.05) is 18.2 Å². The van der Waals surface area contributed by atoms with Gasteiger partial charge in [-0.15, -0.1) is 0 Å². The molecule has 2 aromatic rings. The molecule has 0 saturated carbocycles. The summed E-state index contributed by atoms with van der Waals surface area (Å²) < 4.78 is 5.13. The fourth-order valence-corrected chi connectivity index (χ4v) is 3.62. The van der Waals surface area contributed by atoms with Crippen molar-refractivity contribution in [3.05, 3.63) is 30.6 Å². The van der Waals surface area contributed by atoms with Gasteiger partial charge in [-0.1, -0.05) is 0 Å². The van der Waals surface area contributed by atoms with Crippen molar-refractivity contribution in [3.8, 4) is 0 Å². The zero-order valence-electron chi connectivity index (χ0n) is 14.1. The molecule has 130 valence electrons. The number of aliphatic hydroxyl groups is 2. The van der Waals surface area contributed by atoms with E-state index in [9.17, 15) is 10.2 Å². The molecule has 0 unspecified atom stereocenters. The maximum Gasteiger partial charge on any atom is 0.138 e. The lowest BCUT2D eigenvalue weighted by Gasteiger charge is -2.46. The highest BCUT2D eigenvalue weighted by molar-refractivity contribution is 5.89. The van der Waals surface area contributed by atoms with Crippen molar-refractivity contribution in [2.75, 3.05) is 38.3 Å². The summed E-state index contributed by atoms with van der Waals surface area (Å²) in [6.07, 6.45) is 5.18. The van der Waals surface area contributed by atoms with Crippen LogP contribution >= 0.6 is 0 Å². The maximum atomic E-state index is 10.5. The molecular weight excluding hydrogens is 306 g/mol. The molecule has 2 aromatic heterocycles. The topological polar surface area (TPSA) is 78.7 Å². The molecule has 0 aliphatic carbocycles. The third-order valence-electron chi connectivity index (χ3n) is 5.03. The minimum absolute atomic E-state index is 0.0442. The Morgan fingerprint density at radius 2 is 2.21 bits per heavy atom. The van der Waals surface area contributed by atoms with Crippen LogP contribution in [0.25, 0.3) is 10.9 Å². The first kappa shape index (κ1) is 17.1. The SMILES string of the molecule is COCCC[C@@]1(CO)CN(c2nccc3ncccc23)CC[C@H]1O. The number of piperidine rings is 1. The van der Waals surface area contributed by atoms with Gasteiger partial charge in [0.2, 0.25) is 0 Å². The lowest BCUT2D eigenvalue weighted by Crippen LogP contribution is -2.54. The second kappa shape index (κ2) is 7.42. The Morgan fingerprint density at radius 3 is 3.00 bits per heavy atom. The maximum absolute atomic E-state index is 10.5. The second-order valence-electron chi connectivity index (χ2n) is 6.55. The molecule has 24 heavy (non-hydrogen) atoms. The zero-order valence-corrected chi connectivity index (χ0v) is 14.1. The number of aliphatic hydroxyl groups excluding tert-OH is 2. The minimum Gasteiger partial charge on any atom is -0.396 e. The number of rotatable bonds is 6. The number of fused-ring (bicyclic) bond motifs is 1. The zero-order chi connectivity index (χ0) is 17.0. The van der Waals surface area contributed by atoms with Gasteiger partial charge in [-0.3, -0.25) is 4.98 Å². The summed E-state index contributed by atoms with van der Waals surface area (Å²) in [5.74, 6) is 0.872. The molecule has 2 atom stereocenters. The van der Waals surface area contributed by atoms with Crippen molar-refractivity contribution in [1.82, 2.24) is 9.97 Å². The Bertz CT molecular complexity index is 676. The van der Waals surface area contributed by atoms with E-state index in [1.54, 1.807) is 19.5 Å². The average molecular weight is 331 g/mol. The Kier molecular flexibility index (Phi) is 5.28. The molecule has 1 fully saturated rings. The van der Waals surface area contributed by atoms with Crippen LogP contribution in [-0.4, -0.2) is 59.7 Å². The first-order valence-corrected chi connectivity index (χ1v) is 8.43. The lowest BCUT2D eigenvalue weighted by atomic mass is 9.74. The van der Waals surface area contributed by atoms with Gasteiger partial charge in [0, 0.05) is 50.0 Å². The van der Waals surface area contributed by atoms with Crippen LogP contribution in [0.5, 0.6) is 0 Å². The van der Waals surface area contributed by atoms with Crippen molar-refractivity contribution < 1.29 is 14.9 Å². The van der Waals surface area contributed by atoms with Crippen LogP contribution in [0.4, 0.5) is 5.82 Å². The fourth-order valence-electron chi connectivity index (χ4n) is 3.62. The van der Waals surface area contributed by atoms with Crippen molar-refractivity contribution in [1.29, 1.82) is 0 Å². The van der Waals surface area contributed by atoms with Crippen molar-refractivity contribution in [2.45, 2.75) is 25.4 Å². The van der Waals surface area contributed by atoms with Gasteiger partial charge in [0.1, 0.15) is 5.82 Å². The lowest BCUT2D eigenvalue weighted by molar-refractivity contribution is -0.0387. The standard InChI is InChI=1S/C18H25N3O3/c1-24-11-3-7-18(13-22)12-21(10-6-16(18)23)17-14-4-2-8-19-15(14)5-9-20-17/h2,4-5,8-9,16,22-23H,3,6-7,10-13H2,1H3/t16-,18+/m1/s1. The molecule has 0 spiro atoms. The number of aromatic nitrogens is 2. The van der Waals surface area contributed by atoms with E-state index in [2.05, 4.69) is 14.9 Å². The van der Waals surface area contributed by atoms with Crippen molar-refractivity contribution in [2.24, 2.45) is 5.41 Å². The van der Waals surface area contributed by atoms with Crippen LogP contribution in [-0.2, 0) is 4.74 Å². The van der Waals surface area contributed by atoms with Crippen LogP contribution < -0.4 is 4.90 Å². The van der Waals surface area contributed by atoms with Gasteiger partial charge in [-0.25, -0.2) is 4.98 Å². The molecule has 0 radical (unpaired) electrons. The summed E-state index contributed by atoms with van der Waals surface area (Å²) in [5.41, 5.74) is 0.366. The average Bonchev–Trinajstić information content (AvgIpc) is 2.63. The predicted octanol–water partition coefficient (Wildman–Crippen LogP) is 1.61. The van der Waals surface area contributed by atoms with Gasteiger partial charge in [0.25, 0.3) is 0 Å². The Labute approximate surface area is 142 Å². The third kappa shape index (κ3) is 3.22. The van der Waals surface area contributed by atoms with Crippen molar-refractivity contribution >= 4 is 16.7 Å². The van der Waals surface area contributed by atoms with Gasteiger partial charge in [0.05, 0.1) is 18.2 Å². The fraction of sp³-hybridized carbons (Fsp3) is 0.556. The third-order valence-corrected chi connectivity index (χ3v) is 5.03. The van der Waals surface area contributed by atoms with Crippen LogP contribution in [0, 0.1) is 5.41 Å². The van der Waals surface area contributed by atoms with E-state index >= 15 is 0 Å². The summed E-state index contributed by atoms with van der Waals surface area (Å²) in [6, 6.07) is 5.82. The number of hydrogen-bond acceptors (Lipinski definition) is 6. The molecule has 6 heteroatoms. The quantitative estimate of drug-likeness (QED) is 0.783. The van der Waals surface area contributed by atoms with E-state index in [0.717, 1.165) is 29.6 Å². The Hall–Kier alpha value is -1.76. The number of nitrogens with zero attached hydrogens (tertiary/aromatic N) is 3. The summed E-state index contributed by atoms with van der Waals surface area (Å²) in [7, 11) is 1.67. The van der Waals surface area contributed by atoms with Gasteiger partial charge in [-0.2, -0.15) is 0 Å². The molecule has 6 nitrogen and oxygen atoms in total. The van der Waals surface area contributed by atoms with Crippen LogP contribution in [0.1, 0.15) is 19.3 Å². The highest BCUT2D eigenvalue weighted by Gasteiger charge is 2.42. The van der Waals surface area contributed by atoms with E-state index in [0.29, 0.717) is 26.1 Å². The Balaban J connectivity index is 1.88. The molecule has 3 heterocycles. The van der Waals surface area contributed by atoms with E-state index in [-0.39, 0.29) is 6.61 Å². The molecule has 1 saturated heterocycles. The highest BCUT2D eigenvalue weighted by atomic mass is 16.5. The monoisotopic (exact) mass is 331 g/mol. The predicted molar refractivity (Wildman–Crippen MR) is 93.0 cm³/mol. The molecule has 1 aliphatic heterocycles. The molecule has 3 rings (SSSR count). The Morgan fingerprint density at radius 1 is 1.33 bits per heavy atom. The number of anilines is 1. The minimum atomic E-state index is -0.539. The van der Waals surface area contributed by atoms with Gasteiger partial charge in [0.15, 0.2) is 0 Å². The number of pyridine rings is 2. The molecule has 0 aromatic carbocycles. The van der Waals surface area contributed by atoms with Crippen LogP contribution in [0.2, 0.25) is 0 Å². The molecule has 0 amide bonds. The number of ether oxygens (including phenoxy) is 1. The van der Waals surface area contributed by atoms with Crippen LogP contribution in [0.15, 0.2) is 30.6 Å². The molecule has 1 aliphatic rings. The van der Waals surface area contributed by atoms with Gasteiger partial charge < -0.3 is 19.8 Å². The number of hydrogen-bond donors (Lipinski definition) is 2. The number of methoxy groups -OCH3 is 1. The highest BCUT2D eigenvalue weighted by Crippen LogP contribution is 2.37. The summed E-state index contributed by atoms with van der Waals surface area (Å²) in [5, 5.41) is 21.6. The van der Waals surface area contributed by atoms with E-state index < -0.39 is 11.5 Å². The largest absolute Gasteiger partial charge is 0.396 e. The smallest absolute Gasteiger partial charge is 0.138 e. The first-order valence-electron chi connectivity index (χ1n) is 8.43. The van der Waals surface area contributed by atoms with Crippen molar-refractivity contribution in [3.63, 3.8) is 0 Å². The summed E-state index contributed by atoms with van der Waals surface area (Å²) in [6.45, 7) is 1.88. The van der Waals surface area contributed by atoms with E-state index in [1.165, 1.54) is 0 Å². The summed E-state index contributed by atoms with van der Waals surface area (Å²) in [4.78, 5) is 11.1. The van der Waals surface area contributed by atoms with Gasteiger partial charge in [-0.05, 0) is 37.5 Å². The molecular formula is C18H25N3O3. The first-order chi connectivity index (χ1) is 11.7. The van der Waals surface area contributed by atoms with Gasteiger partial charge >= 0.3 is 0 Å². The van der Waals surface area contributed by atoms with E-state index in [4.69, 9.17) is 4.74 Å². The molecule has 0 bridgehead atoms. The summed E-state index contributed by atoms with van der Waals surface area (Å²) >= 11 is 0. The van der Waals surface area contributed by atoms with Crippen LogP contribution in [0.3, 0.4) is 0 Å².